The molecule has 0 aliphatic heterocycles. The third kappa shape index (κ3) is 23.9. The van der Waals surface area contributed by atoms with E-state index in [1.165, 1.54) is 18.8 Å². The first-order chi connectivity index (χ1) is 37.9. The standard InChI is InChI=1S/C50H78N16O13S/c1-27(2)21-37(65-48(76)39(23-29-25-56-26-59-29)64-42(70)31(52)13-16-41(68)69)46(74)60-33(11-6-7-18-51)43(71)61-34(14-15-40(53)67)44(72)66-38(22-28-24-58-32-10-5-4-9-30(28)32)47(75)62-35(17-20-80(3)79)45(73)63-36(49(77)78)12-8-19-57-50(54)55/h4-5,9-10,24-27,31,33-39,58H,6-8,11-23,51-52H2,1-3H3,(H2,53,67)(H,56,59)(H,60,74)(H,61,71)(H,62,75)(H,63,73)(H,64,70)(H,65,76)(H,66,72)(H,68,69)(H,77,78)(H4,54,55,57)/t31-,33-,34-,35-,36-,37-,38-,39-,80?/m0/s1. The molecule has 29 nitrogen and oxygen atoms in total. The number of unbranched alkanes of at least 4 members (excludes halogenated alkanes) is 1. The maximum Gasteiger partial charge on any atom is 0.326 e. The first kappa shape index (κ1) is 66.3. The van der Waals surface area contributed by atoms with Crippen molar-refractivity contribution in [3.8, 4) is 0 Å². The molecule has 0 aliphatic carbocycles. The molecular formula is C50H78N16O13S. The maximum atomic E-state index is 14.5. The molecule has 21 N–H and O–H groups in total. The lowest BCUT2D eigenvalue weighted by molar-refractivity contribution is -0.142. The highest BCUT2D eigenvalue weighted by molar-refractivity contribution is 7.84. The van der Waals surface area contributed by atoms with Crippen LogP contribution in [0.4, 0.5) is 0 Å². The number of hydrogen-bond acceptors (Lipinski definition) is 15. The van der Waals surface area contributed by atoms with E-state index < -0.39 is 138 Å². The predicted molar refractivity (Wildman–Crippen MR) is 295 cm³/mol. The van der Waals surface area contributed by atoms with Gasteiger partial charge in [-0.3, -0.25) is 52.4 Å². The molecule has 1 aromatic carbocycles. The number of guanidine groups is 1. The number of rotatable bonds is 38. The van der Waals surface area contributed by atoms with E-state index in [0.717, 1.165) is 0 Å². The SMILES string of the molecule is CC(C)C[C@H](NC(=O)[C@H](Cc1cnc[nH]1)NC(=O)[C@@H](N)CCC(=O)O)C(=O)N[C@@H](CCCCN)C(=O)N[C@@H](CCC(N)=O)C(=O)N[C@@H](Cc1c[nH]c2ccccc12)C(=O)N[C@@H](CCS(C)=O)C(=O)N[C@@H](CCCN=C(N)N)C(=O)O. The number of fused-ring (bicyclic) bond motifs is 1. The molecule has 0 aliphatic rings. The van der Waals surface area contributed by atoms with Crippen LogP contribution in [-0.2, 0) is 71.6 Å². The van der Waals surface area contributed by atoms with E-state index >= 15 is 0 Å². The average Bonchev–Trinajstić information content (AvgIpc) is 4.07. The normalized spacial score (nSPS) is 14.6. The molecule has 0 fully saturated rings. The number of carbonyl (C=O) groups is 10. The third-order valence-electron chi connectivity index (χ3n) is 12.5. The third-order valence-corrected chi connectivity index (χ3v) is 13.3. The topological polar surface area (TPSA) is 499 Å². The molecule has 1 unspecified atom stereocenters. The smallest absolute Gasteiger partial charge is 0.326 e. The van der Waals surface area contributed by atoms with E-state index in [9.17, 15) is 57.3 Å². The molecule has 0 radical (unpaired) electrons. The van der Waals surface area contributed by atoms with Crippen LogP contribution in [0.25, 0.3) is 10.9 Å². The highest BCUT2D eigenvalue weighted by Gasteiger charge is 2.35. The number of hydrogen-bond donors (Lipinski definition) is 16. The Hall–Kier alpha value is -7.99. The van der Waals surface area contributed by atoms with Crippen LogP contribution in [0.5, 0.6) is 0 Å². The van der Waals surface area contributed by atoms with Crippen LogP contribution in [-0.4, -0.2) is 168 Å². The van der Waals surface area contributed by atoms with Crippen LogP contribution in [0, 0.1) is 5.92 Å². The number of carboxylic acid groups (broad SMARTS) is 2. The minimum atomic E-state index is -1.60. The Balaban J connectivity index is 1.98. The van der Waals surface area contributed by atoms with Crippen molar-refractivity contribution in [2.24, 2.45) is 39.6 Å². The summed E-state index contributed by atoms with van der Waals surface area (Å²) in [5.74, 6) is -10.3. The molecule has 8 amide bonds. The molecule has 2 heterocycles. The molecule has 0 saturated heterocycles. The quantitative estimate of drug-likeness (QED) is 0.0151. The Kier molecular flexibility index (Phi) is 28.3. The molecule has 9 atom stereocenters. The molecule has 0 spiro atoms. The highest BCUT2D eigenvalue weighted by atomic mass is 32.2. The zero-order valence-corrected chi connectivity index (χ0v) is 45.9. The number of nitrogens with one attached hydrogen (secondary N) is 9. The molecular weight excluding hydrogens is 1060 g/mol. The minimum Gasteiger partial charge on any atom is -0.481 e. The van der Waals surface area contributed by atoms with Crippen LogP contribution >= 0.6 is 0 Å². The number of primary amides is 1. The monoisotopic (exact) mass is 1140 g/mol. The molecule has 3 aromatic rings. The van der Waals surface area contributed by atoms with Gasteiger partial charge in [0, 0.05) is 84.0 Å². The number of nitrogens with zero attached hydrogens (tertiary/aromatic N) is 2. The first-order valence-electron chi connectivity index (χ1n) is 26.1. The van der Waals surface area contributed by atoms with Crippen molar-refractivity contribution < 1.29 is 62.4 Å². The number of nitrogens with two attached hydrogens (primary N) is 5. The Bertz CT molecular complexity index is 2630. The number of aromatic nitrogens is 3. The van der Waals surface area contributed by atoms with E-state index in [4.69, 9.17) is 33.8 Å². The van der Waals surface area contributed by atoms with Gasteiger partial charge in [0.1, 0.15) is 42.3 Å². The summed E-state index contributed by atoms with van der Waals surface area (Å²) in [6.07, 6.45) is 4.37. The molecule has 2 aromatic heterocycles. The van der Waals surface area contributed by atoms with Crippen LogP contribution < -0.4 is 65.9 Å². The van der Waals surface area contributed by atoms with E-state index in [1.54, 1.807) is 44.3 Å². The predicted octanol–water partition coefficient (Wildman–Crippen LogP) is -3.39. The Morgan fingerprint density at radius 2 is 1.19 bits per heavy atom. The van der Waals surface area contributed by atoms with Gasteiger partial charge in [0.25, 0.3) is 0 Å². The summed E-state index contributed by atoms with van der Waals surface area (Å²) in [7, 11) is -1.49. The van der Waals surface area contributed by atoms with Gasteiger partial charge in [0.05, 0.1) is 12.4 Å². The van der Waals surface area contributed by atoms with Crippen molar-refractivity contribution in [1.82, 2.24) is 52.2 Å². The summed E-state index contributed by atoms with van der Waals surface area (Å²) < 4.78 is 12.3. The largest absolute Gasteiger partial charge is 0.481 e. The van der Waals surface area contributed by atoms with Crippen molar-refractivity contribution in [3.63, 3.8) is 0 Å². The van der Waals surface area contributed by atoms with Crippen molar-refractivity contribution in [1.29, 1.82) is 0 Å². The van der Waals surface area contributed by atoms with E-state index in [0.29, 0.717) is 28.6 Å². The molecule has 3 rings (SSSR count). The fraction of sp³-hybridized carbons (Fsp3) is 0.560. The van der Waals surface area contributed by atoms with Crippen molar-refractivity contribution in [3.05, 3.63) is 54.2 Å². The van der Waals surface area contributed by atoms with E-state index in [-0.39, 0.29) is 88.5 Å². The van der Waals surface area contributed by atoms with Crippen LogP contribution in [0.1, 0.15) is 95.7 Å². The van der Waals surface area contributed by atoms with Gasteiger partial charge in [-0.2, -0.15) is 0 Å². The summed E-state index contributed by atoms with van der Waals surface area (Å²) in [6.45, 7) is 3.82. The number of benzene rings is 1. The summed E-state index contributed by atoms with van der Waals surface area (Å²) in [6, 6.07) is -4.35. The highest BCUT2D eigenvalue weighted by Crippen LogP contribution is 2.20. The molecule has 0 bridgehead atoms. The summed E-state index contributed by atoms with van der Waals surface area (Å²) in [5.41, 5.74) is 29.6. The van der Waals surface area contributed by atoms with Crippen molar-refractivity contribution >= 4 is 86.9 Å². The van der Waals surface area contributed by atoms with Gasteiger partial charge in [0.2, 0.25) is 47.3 Å². The van der Waals surface area contributed by atoms with Gasteiger partial charge in [0.15, 0.2) is 5.96 Å². The number of amides is 8. The van der Waals surface area contributed by atoms with Crippen molar-refractivity contribution in [2.75, 3.05) is 25.1 Å². The Morgan fingerprint density at radius 3 is 1.75 bits per heavy atom. The second kappa shape index (κ2) is 34.1. The van der Waals surface area contributed by atoms with Gasteiger partial charge in [-0.05, 0) is 81.9 Å². The fourth-order valence-corrected chi connectivity index (χ4v) is 8.78. The second-order valence-electron chi connectivity index (χ2n) is 19.6. The summed E-state index contributed by atoms with van der Waals surface area (Å²) in [5, 5.41) is 37.8. The zero-order valence-electron chi connectivity index (χ0n) is 45.1. The van der Waals surface area contributed by atoms with Gasteiger partial charge in [-0.15, -0.1) is 0 Å². The summed E-state index contributed by atoms with van der Waals surface area (Å²) in [4.78, 5) is 148. The van der Waals surface area contributed by atoms with Crippen LogP contribution in [0.15, 0.2) is 48.0 Å². The maximum absolute atomic E-state index is 14.5. The fourth-order valence-electron chi connectivity index (χ4n) is 8.21. The van der Waals surface area contributed by atoms with Gasteiger partial charge in [-0.25, -0.2) is 9.78 Å². The minimum absolute atomic E-state index is 0.0285. The average molecular weight is 1140 g/mol. The number of para-hydroxylation sites is 1. The number of aliphatic carboxylic acids is 2. The number of carboxylic acids is 2. The molecule has 0 saturated carbocycles. The second-order valence-corrected chi connectivity index (χ2v) is 21.1. The van der Waals surface area contributed by atoms with Crippen LogP contribution in [0.2, 0.25) is 0 Å². The molecule has 80 heavy (non-hydrogen) atoms. The van der Waals surface area contributed by atoms with Gasteiger partial charge >= 0.3 is 11.9 Å². The molecule has 30 heteroatoms. The Morgan fingerprint density at radius 1 is 0.650 bits per heavy atom. The van der Waals surface area contributed by atoms with E-state index in [2.05, 4.69) is 57.2 Å². The lowest BCUT2D eigenvalue weighted by Crippen LogP contribution is -2.60. The van der Waals surface area contributed by atoms with Gasteiger partial charge < -0.3 is 86.1 Å². The number of H-pyrrole nitrogens is 2. The number of carbonyl (C=O) groups excluding carboxylic acids is 8. The number of imidazole rings is 1. The Labute approximate surface area is 464 Å². The lowest BCUT2D eigenvalue weighted by Gasteiger charge is -2.28. The summed E-state index contributed by atoms with van der Waals surface area (Å²) >= 11 is 0. The number of aliphatic imine (C=N–C) groups is 1. The van der Waals surface area contributed by atoms with Gasteiger partial charge in [-0.1, -0.05) is 32.0 Å². The number of aromatic amines is 2. The van der Waals surface area contributed by atoms with Crippen LogP contribution in [0.3, 0.4) is 0 Å². The lowest BCUT2D eigenvalue weighted by atomic mass is 10.00. The first-order valence-corrected chi connectivity index (χ1v) is 27.8. The zero-order chi connectivity index (χ0) is 59.5. The van der Waals surface area contributed by atoms with E-state index in [1.807, 2.05) is 0 Å². The molecule has 442 valence electrons. The van der Waals surface area contributed by atoms with Crippen molar-refractivity contribution in [2.45, 2.75) is 146 Å².